The molecule has 0 aliphatic rings. The average molecular weight is 695 g/mol. The van der Waals surface area contributed by atoms with E-state index in [9.17, 15) is 20.4 Å². The van der Waals surface area contributed by atoms with Crippen LogP contribution in [0.2, 0.25) is 0 Å². The Hall–Kier alpha value is -5.62. The minimum absolute atomic E-state index is 0.0532. The van der Waals surface area contributed by atoms with Gasteiger partial charge in [-0.05, 0) is 81.0 Å². The fourth-order valence-electron chi connectivity index (χ4n) is 6.51. The molecule has 6 aromatic rings. The van der Waals surface area contributed by atoms with E-state index in [1.165, 1.54) is 22.3 Å². The topological polar surface area (TPSA) is 106 Å². The van der Waals surface area contributed by atoms with Crippen LogP contribution in [0.3, 0.4) is 0 Å². The molecular formula is C46H50N2O4. The zero-order valence-electron chi connectivity index (χ0n) is 31.4. The summed E-state index contributed by atoms with van der Waals surface area (Å²) >= 11 is 0. The molecule has 0 unspecified atom stereocenters. The first-order chi connectivity index (χ1) is 24.8. The second-order valence-corrected chi connectivity index (χ2v) is 14.5. The Balaban J connectivity index is 0.000000201. The lowest BCUT2D eigenvalue weighted by Gasteiger charge is -2.16. The average Bonchev–Trinajstić information content (AvgIpc) is 3.11. The lowest BCUT2D eigenvalue weighted by Crippen LogP contribution is -1.96. The summed E-state index contributed by atoms with van der Waals surface area (Å²) in [5.74, 6) is 1.67. The number of rotatable bonds is 8. The minimum Gasteiger partial charge on any atom is -0.507 e. The summed E-state index contributed by atoms with van der Waals surface area (Å²) in [5, 5.41) is 43.9. The molecule has 0 aliphatic carbocycles. The van der Waals surface area contributed by atoms with Gasteiger partial charge in [-0.1, -0.05) is 128 Å². The molecule has 0 aliphatic heterocycles. The number of phenols is 4. The van der Waals surface area contributed by atoms with Gasteiger partial charge in [-0.3, -0.25) is 9.98 Å². The van der Waals surface area contributed by atoms with Crippen LogP contribution in [-0.4, -0.2) is 32.9 Å². The molecule has 0 spiro atoms. The van der Waals surface area contributed by atoms with Crippen LogP contribution in [0.4, 0.5) is 11.4 Å². The number of fused-ring (bicyclic) bond motifs is 2. The molecule has 0 atom stereocenters. The van der Waals surface area contributed by atoms with Crippen molar-refractivity contribution in [3.05, 3.63) is 130 Å². The van der Waals surface area contributed by atoms with Crippen molar-refractivity contribution in [2.45, 2.75) is 79.1 Å². The maximum absolute atomic E-state index is 10.6. The Morgan fingerprint density at radius 2 is 0.712 bits per heavy atom. The summed E-state index contributed by atoms with van der Waals surface area (Å²) in [4.78, 5) is 9.50. The Morgan fingerprint density at radius 1 is 0.404 bits per heavy atom. The number of phenolic OH excluding ortho intramolecular Hbond substituents is 4. The number of para-hydroxylation sites is 2. The molecule has 6 aromatic carbocycles. The van der Waals surface area contributed by atoms with Crippen LogP contribution in [0.1, 0.15) is 112 Å². The summed E-state index contributed by atoms with van der Waals surface area (Å²) in [7, 11) is 0. The fourth-order valence-corrected chi connectivity index (χ4v) is 6.51. The van der Waals surface area contributed by atoms with Crippen molar-refractivity contribution in [1.82, 2.24) is 0 Å². The maximum Gasteiger partial charge on any atom is 0.135 e. The van der Waals surface area contributed by atoms with Crippen molar-refractivity contribution in [3.63, 3.8) is 0 Å². The van der Waals surface area contributed by atoms with Crippen LogP contribution < -0.4 is 0 Å². The number of hydrogen-bond donors (Lipinski definition) is 4. The van der Waals surface area contributed by atoms with Crippen molar-refractivity contribution in [3.8, 4) is 23.0 Å². The van der Waals surface area contributed by atoms with E-state index in [0.717, 1.165) is 22.1 Å². The first kappa shape index (κ1) is 37.6. The van der Waals surface area contributed by atoms with Gasteiger partial charge in [0.05, 0.1) is 22.1 Å². The zero-order valence-corrected chi connectivity index (χ0v) is 31.4. The van der Waals surface area contributed by atoms with Crippen LogP contribution in [0.15, 0.2) is 107 Å². The standard InChI is InChI=1S/2C23H25NO2/c2*1-14(2)18-8-6-9-19(15(3)4)22(18)24-13-17-12-11-16-7-5-10-20(25)21(16)23(17)26/h2*5-15,25-26H,1-4H3. The van der Waals surface area contributed by atoms with Crippen molar-refractivity contribution in [1.29, 1.82) is 0 Å². The summed E-state index contributed by atoms with van der Waals surface area (Å²) in [6.07, 6.45) is 3.38. The molecular weight excluding hydrogens is 645 g/mol. The normalized spacial score (nSPS) is 11.9. The molecule has 0 fully saturated rings. The summed E-state index contributed by atoms with van der Waals surface area (Å²) < 4.78 is 0. The SMILES string of the molecule is CC(C)c1cccc(C(C)C)c1N=Cc1ccc2cccc(O)c2c1O.CC(C)c1cccc(C(C)C)c1N=Cc1ccc2cccc(O)c2c1O. The molecule has 6 rings (SSSR count). The molecule has 0 heterocycles. The largest absolute Gasteiger partial charge is 0.507 e. The molecule has 0 amide bonds. The van der Waals surface area contributed by atoms with Gasteiger partial charge in [-0.2, -0.15) is 0 Å². The van der Waals surface area contributed by atoms with Gasteiger partial charge in [-0.15, -0.1) is 0 Å². The highest BCUT2D eigenvalue weighted by atomic mass is 16.3. The number of aliphatic imine (C=N–C) groups is 2. The second-order valence-electron chi connectivity index (χ2n) is 14.5. The number of nitrogens with zero attached hydrogens (tertiary/aromatic N) is 2. The molecule has 0 saturated heterocycles. The Kier molecular flexibility index (Phi) is 11.7. The van der Waals surface area contributed by atoms with Crippen molar-refractivity contribution < 1.29 is 20.4 Å². The van der Waals surface area contributed by atoms with Crippen LogP contribution in [-0.2, 0) is 0 Å². The quantitative estimate of drug-likeness (QED) is 0.119. The molecule has 0 saturated carbocycles. The molecule has 6 nitrogen and oxygen atoms in total. The van der Waals surface area contributed by atoms with E-state index in [-0.39, 0.29) is 23.0 Å². The molecule has 0 bridgehead atoms. The zero-order chi connectivity index (χ0) is 37.7. The first-order valence-corrected chi connectivity index (χ1v) is 18.0. The van der Waals surface area contributed by atoms with E-state index in [1.54, 1.807) is 36.7 Å². The lowest BCUT2D eigenvalue weighted by molar-refractivity contribution is 0.462. The van der Waals surface area contributed by atoms with Gasteiger partial charge in [0.25, 0.3) is 0 Å². The molecule has 268 valence electrons. The molecule has 0 radical (unpaired) electrons. The predicted octanol–water partition coefficient (Wildman–Crippen LogP) is 12.5. The van der Waals surface area contributed by atoms with Gasteiger partial charge < -0.3 is 20.4 Å². The Morgan fingerprint density at radius 3 is 1.02 bits per heavy atom. The van der Waals surface area contributed by atoms with E-state index in [0.29, 0.717) is 45.6 Å². The lowest BCUT2D eigenvalue weighted by atomic mass is 9.93. The van der Waals surface area contributed by atoms with E-state index in [2.05, 4.69) is 91.8 Å². The summed E-state index contributed by atoms with van der Waals surface area (Å²) in [5.41, 5.74) is 7.88. The third kappa shape index (κ3) is 7.97. The summed E-state index contributed by atoms with van der Waals surface area (Å²) in [6, 6.07) is 30.4. The number of hydrogen-bond acceptors (Lipinski definition) is 6. The predicted molar refractivity (Wildman–Crippen MR) is 218 cm³/mol. The van der Waals surface area contributed by atoms with Gasteiger partial charge in [0.2, 0.25) is 0 Å². The van der Waals surface area contributed by atoms with E-state index >= 15 is 0 Å². The minimum atomic E-state index is 0.0532. The number of benzene rings is 6. The third-order valence-corrected chi connectivity index (χ3v) is 9.41. The highest BCUT2D eigenvalue weighted by molar-refractivity contribution is 6.01. The van der Waals surface area contributed by atoms with Crippen LogP contribution in [0, 0.1) is 0 Å². The van der Waals surface area contributed by atoms with E-state index < -0.39 is 0 Å². The van der Waals surface area contributed by atoms with Crippen LogP contribution in [0.5, 0.6) is 23.0 Å². The maximum atomic E-state index is 10.6. The second kappa shape index (κ2) is 16.2. The summed E-state index contributed by atoms with van der Waals surface area (Å²) in [6.45, 7) is 17.3. The van der Waals surface area contributed by atoms with Gasteiger partial charge in [-0.25, -0.2) is 0 Å². The van der Waals surface area contributed by atoms with Gasteiger partial charge in [0.1, 0.15) is 23.0 Å². The first-order valence-electron chi connectivity index (χ1n) is 18.0. The van der Waals surface area contributed by atoms with Crippen LogP contribution >= 0.6 is 0 Å². The molecule has 52 heavy (non-hydrogen) atoms. The van der Waals surface area contributed by atoms with E-state index in [4.69, 9.17) is 9.98 Å². The highest BCUT2D eigenvalue weighted by Gasteiger charge is 2.16. The van der Waals surface area contributed by atoms with Crippen molar-refractivity contribution >= 4 is 45.3 Å². The van der Waals surface area contributed by atoms with Gasteiger partial charge in [0.15, 0.2) is 0 Å². The molecule has 4 N–H and O–H groups in total. The van der Waals surface area contributed by atoms with Gasteiger partial charge >= 0.3 is 0 Å². The highest BCUT2D eigenvalue weighted by Crippen LogP contribution is 2.39. The van der Waals surface area contributed by atoms with Gasteiger partial charge in [0, 0.05) is 23.6 Å². The van der Waals surface area contributed by atoms with Crippen LogP contribution in [0.25, 0.3) is 21.5 Å². The smallest absolute Gasteiger partial charge is 0.135 e. The van der Waals surface area contributed by atoms with E-state index in [1.807, 2.05) is 36.4 Å². The third-order valence-electron chi connectivity index (χ3n) is 9.41. The van der Waals surface area contributed by atoms with Crippen molar-refractivity contribution in [2.24, 2.45) is 9.98 Å². The molecule has 6 heteroatoms. The fraction of sp³-hybridized carbons (Fsp3) is 0.261. The Bertz CT molecular complexity index is 2050. The number of aromatic hydroxyl groups is 4. The van der Waals surface area contributed by atoms with Crippen molar-refractivity contribution in [2.75, 3.05) is 0 Å². The monoisotopic (exact) mass is 694 g/mol. The Labute approximate surface area is 307 Å². The molecule has 0 aromatic heterocycles.